The number of aliphatic hydroxyl groups excluding tert-OH is 1. The van der Waals surface area contributed by atoms with Crippen molar-refractivity contribution in [1.29, 1.82) is 0 Å². The number of hydrogen-bond acceptors (Lipinski definition) is 3. The summed E-state index contributed by atoms with van der Waals surface area (Å²) in [5.41, 5.74) is 2.70. The maximum absolute atomic E-state index is 9.06. The Morgan fingerprint density at radius 2 is 2.14 bits per heavy atom. The first kappa shape index (κ1) is 16.8. The smallest absolute Gasteiger partial charge is 0.0434 e. The van der Waals surface area contributed by atoms with Gasteiger partial charge < -0.3 is 15.3 Å². The van der Waals surface area contributed by atoms with Gasteiger partial charge in [0.1, 0.15) is 0 Å². The minimum Gasteiger partial charge on any atom is -0.396 e. The maximum Gasteiger partial charge on any atom is 0.0434 e. The molecule has 1 aliphatic heterocycles. The number of anilines is 1. The molecule has 1 heterocycles. The van der Waals surface area contributed by atoms with Crippen LogP contribution in [-0.2, 0) is 6.54 Å². The van der Waals surface area contributed by atoms with Crippen molar-refractivity contribution in [3.05, 3.63) is 28.2 Å². The molecular weight excluding hydrogens is 328 g/mol. The molecule has 0 aliphatic carbocycles. The van der Waals surface area contributed by atoms with Gasteiger partial charge in [0, 0.05) is 41.9 Å². The molecule has 3 nitrogen and oxygen atoms in total. The van der Waals surface area contributed by atoms with Crippen molar-refractivity contribution in [2.24, 2.45) is 5.92 Å². The Kier molecular flexibility index (Phi) is 5.69. The molecule has 1 fully saturated rings. The van der Waals surface area contributed by atoms with Gasteiger partial charge in [0.25, 0.3) is 0 Å². The van der Waals surface area contributed by atoms with Crippen molar-refractivity contribution >= 4 is 21.6 Å². The average Bonchev–Trinajstić information content (AvgIpc) is 2.85. The van der Waals surface area contributed by atoms with Crippen LogP contribution in [0.4, 0.5) is 5.69 Å². The molecule has 0 bridgehead atoms. The zero-order valence-electron chi connectivity index (χ0n) is 13.3. The van der Waals surface area contributed by atoms with Crippen LogP contribution < -0.4 is 10.2 Å². The molecule has 1 aromatic carbocycles. The standard InChI is InChI=1S/C17H27BrN2O/c1-17(2,3)19-11-14-4-5-15(10-16(14)18)20-8-6-13(12-20)7-9-21/h4-5,10,13,19,21H,6-9,11-12H2,1-3H3. The molecule has 1 aromatic rings. The molecule has 0 saturated carbocycles. The normalized spacial score (nSPS) is 19.3. The third kappa shape index (κ3) is 4.97. The molecule has 0 spiro atoms. The number of aliphatic hydroxyl groups is 1. The van der Waals surface area contributed by atoms with Crippen LogP contribution in [0.15, 0.2) is 22.7 Å². The highest BCUT2D eigenvalue weighted by atomic mass is 79.9. The van der Waals surface area contributed by atoms with Crippen LogP contribution in [0, 0.1) is 5.92 Å². The first-order valence-electron chi connectivity index (χ1n) is 7.78. The van der Waals surface area contributed by atoms with E-state index in [-0.39, 0.29) is 5.54 Å². The fraction of sp³-hybridized carbons (Fsp3) is 0.647. The van der Waals surface area contributed by atoms with Crippen molar-refractivity contribution in [1.82, 2.24) is 5.32 Å². The van der Waals surface area contributed by atoms with E-state index < -0.39 is 0 Å². The van der Waals surface area contributed by atoms with Gasteiger partial charge >= 0.3 is 0 Å². The molecule has 2 rings (SSSR count). The lowest BCUT2D eigenvalue weighted by Gasteiger charge is -2.23. The molecule has 0 radical (unpaired) electrons. The van der Waals surface area contributed by atoms with E-state index in [1.807, 2.05) is 0 Å². The van der Waals surface area contributed by atoms with E-state index in [0.29, 0.717) is 12.5 Å². The Balaban J connectivity index is 1.99. The van der Waals surface area contributed by atoms with Crippen molar-refractivity contribution in [3.8, 4) is 0 Å². The monoisotopic (exact) mass is 354 g/mol. The zero-order valence-corrected chi connectivity index (χ0v) is 14.9. The minimum atomic E-state index is 0.130. The van der Waals surface area contributed by atoms with Gasteiger partial charge in [0.05, 0.1) is 0 Å². The summed E-state index contributed by atoms with van der Waals surface area (Å²) in [6.45, 7) is 9.88. The second-order valence-corrected chi connectivity index (χ2v) is 7.85. The second-order valence-electron chi connectivity index (χ2n) is 6.99. The van der Waals surface area contributed by atoms with Crippen LogP contribution in [0.25, 0.3) is 0 Å². The topological polar surface area (TPSA) is 35.5 Å². The fourth-order valence-electron chi connectivity index (χ4n) is 2.72. The molecule has 1 unspecified atom stereocenters. The van der Waals surface area contributed by atoms with E-state index in [0.717, 1.165) is 26.1 Å². The van der Waals surface area contributed by atoms with E-state index >= 15 is 0 Å². The largest absolute Gasteiger partial charge is 0.396 e. The Hall–Kier alpha value is -0.580. The molecule has 1 saturated heterocycles. The van der Waals surface area contributed by atoms with E-state index in [1.54, 1.807) is 0 Å². The van der Waals surface area contributed by atoms with Gasteiger partial charge in [-0.15, -0.1) is 0 Å². The number of nitrogens with zero attached hydrogens (tertiary/aromatic N) is 1. The SMILES string of the molecule is CC(C)(C)NCc1ccc(N2CCC(CCO)C2)cc1Br. The number of nitrogens with one attached hydrogen (secondary N) is 1. The van der Waals surface area contributed by atoms with Crippen LogP contribution in [-0.4, -0.2) is 30.3 Å². The Morgan fingerprint density at radius 1 is 1.38 bits per heavy atom. The van der Waals surface area contributed by atoms with Crippen LogP contribution >= 0.6 is 15.9 Å². The third-order valence-corrected chi connectivity index (χ3v) is 4.77. The van der Waals surface area contributed by atoms with Crippen molar-refractivity contribution < 1.29 is 5.11 Å². The van der Waals surface area contributed by atoms with Crippen molar-refractivity contribution in [3.63, 3.8) is 0 Å². The van der Waals surface area contributed by atoms with Crippen LogP contribution in [0.1, 0.15) is 39.2 Å². The molecule has 1 aliphatic rings. The molecule has 1 atom stereocenters. The first-order chi connectivity index (χ1) is 9.89. The summed E-state index contributed by atoms with van der Waals surface area (Å²) < 4.78 is 1.17. The van der Waals surface area contributed by atoms with Gasteiger partial charge in [-0.1, -0.05) is 22.0 Å². The predicted octanol–water partition coefficient (Wildman–Crippen LogP) is 3.55. The molecular formula is C17H27BrN2O. The lowest BCUT2D eigenvalue weighted by molar-refractivity contribution is 0.263. The zero-order chi connectivity index (χ0) is 15.5. The maximum atomic E-state index is 9.06. The van der Waals surface area contributed by atoms with Crippen LogP contribution in [0.2, 0.25) is 0 Å². The highest BCUT2D eigenvalue weighted by Crippen LogP contribution is 2.29. The minimum absolute atomic E-state index is 0.130. The summed E-state index contributed by atoms with van der Waals surface area (Å²) in [5, 5.41) is 12.6. The van der Waals surface area contributed by atoms with E-state index in [1.165, 1.54) is 22.1 Å². The molecule has 2 N–H and O–H groups in total. The van der Waals surface area contributed by atoms with Crippen LogP contribution in [0.5, 0.6) is 0 Å². The Morgan fingerprint density at radius 3 is 2.76 bits per heavy atom. The Labute approximate surface area is 136 Å². The number of hydrogen-bond donors (Lipinski definition) is 2. The lowest BCUT2D eigenvalue weighted by Crippen LogP contribution is -2.35. The van der Waals surface area contributed by atoms with Crippen LogP contribution in [0.3, 0.4) is 0 Å². The summed E-state index contributed by atoms with van der Waals surface area (Å²) in [7, 11) is 0. The van der Waals surface area contributed by atoms with E-state index in [9.17, 15) is 0 Å². The number of rotatable bonds is 5. The van der Waals surface area contributed by atoms with Gasteiger partial charge in [0.2, 0.25) is 0 Å². The van der Waals surface area contributed by atoms with Gasteiger partial charge in [-0.3, -0.25) is 0 Å². The highest BCUT2D eigenvalue weighted by Gasteiger charge is 2.22. The fourth-order valence-corrected chi connectivity index (χ4v) is 3.23. The second kappa shape index (κ2) is 7.12. The van der Waals surface area contributed by atoms with Gasteiger partial charge in [0.15, 0.2) is 0 Å². The highest BCUT2D eigenvalue weighted by molar-refractivity contribution is 9.10. The molecule has 21 heavy (non-hydrogen) atoms. The molecule has 118 valence electrons. The summed E-state index contributed by atoms with van der Waals surface area (Å²) in [6.07, 6.45) is 2.11. The molecule has 0 aromatic heterocycles. The summed E-state index contributed by atoms with van der Waals surface area (Å²) in [4.78, 5) is 2.42. The number of benzene rings is 1. The van der Waals surface area contributed by atoms with Gasteiger partial charge in [-0.2, -0.15) is 0 Å². The van der Waals surface area contributed by atoms with Crippen molar-refractivity contribution in [2.75, 3.05) is 24.6 Å². The lowest BCUT2D eigenvalue weighted by atomic mass is 10.1. The summed E-state index contributed by atoms with van der Waals surface area (Å²) in [6, 6.07) is 6.64. The van der Waals surface area contributed by atoms with E-state index in [2.05, 4.69) is 65.1 Å². The Bertz CT molecular complexity index is 470. The van der Waals surface area contributed by atoms with E-state index in [4.69, 9.17) is 5.11 Å². The van der Waals surface area contributed by atoms with Gasteiger partial charge in [-0.05, 0) is 57.2 Å². The third-order valence-electron chi connectivity index (χ3n) is 4.03. The predicted molar refractivity (Wildman–Crippen MR) is 92.8 cm³/mol. The van der Waals surface area contributed by atoms with Gasteiger partial charge in [-0.25, -0.2) is 0 Å². The molecule has 0 amide bonds. The quantitative estimate of drug-likeness (QED) is 0.848. The average molecular weight is 355 g/mol. The van der Waals surface area contributed by atoms with Crippen molar-refractivity contribution in [2.45, 2.75) is 45.7 Å². The number of halogens is 1. The summed E-state index contributed by atoms with van der Waals surface area (Å²) >= 11 is 3.70. The first-order valence-corrected chi connectivity index (χ1v) is 8.57. The molecule has 4 heteroatoms. The summed E-state index contributed by atoms with van der Waals surface area (Å²) in [5.74, 6) is 0.635.